The topological polar surface area (TPSA) is 63.2 Å². The number of halogens is 4. The zero-order valence-electron chi connectivity index (χ0n) is 8.88. The Bertz CT molecular complexity index is 580. The van der Waals surface area contributed by atoms with Crippen molar-refractivity contribution < 1.29 is 30.8 Å². The van der Waals surface area contributed by atoms with Gasteiger partial charge in [0, 0.05) is 6.92 Å². The average molecular weight is 285 g/mol. The molecule has 1 amide bonds. The summed E-state index contributed by atoms with van der Waals surface area (Å²) in [5.74, 6) is -2.56. The summed E-state index contributed by atoms with van der Waals surface area (Å²) in [7, 11) is -4.43. The van der Waals surface area contributed by atoms with Gasteiger partial charge >= 0.3 is 6.18 Å². The minimum atomic E-state index is -5.02. The maximum absolute atomic E-state index is 12.9. The van der Waals surface area contributed by atoms with Crippen LogP contribution in [0.3, 0.4) is 0 Å². The molecule has 1 aromatic rings. The average Bonchev–Trinajstić information content (AvgIpc) is 2.13. The fourth-order valence-corrected chi connectivity index (χ4v) is 2.15. The molecule has 100 valence electrons. The number of benzene rings is 1. The van der Waals surface area contributed by atoms with E-state index in [0.717, 1.165) is 6.92 Å². The molecule has 9 heteroatoms. The van der Waals surface area contributed by atoms with Gasteiger partial charge in [0.2, 0.25) is 5.91 Å². The Morgan fingerprint density at radius 1 is 1.28 bits per heavy atom. The molecule has 1 N–H and O–H groups in total. The van der Waals surface area contributed by atoms with E-state index in [0.29, 0.717) is 12.1 Å². The molecule has 0 aromatic heterocycles. The Morgan fingerprint density at radius 3 is 2.28 bits per heavy atom. The Morgan fingerprint density at radius 2 is 1.83 bits per heavy atom. The molecule has 0 fully saturated rings. The summed E-state index contributed by atoms with van der Waals surface area (Å²) in [4.78, 5) is 9.75. The van der Waals surface area contributed by atoms with Gasteiger partial charge in [-0.3, -0.25) is 4.79 Å². The first kappa shape index (κ1) is 14.4. The smallest absolute Gasteiger partial charge is 0.274 e. The van der Waals surface area contributed by atoms with Crippen molar-refractivity contribution in [2.45, 2.75) is 18.0 Å². The molecule has 4 nitrogen and oxygen atoms in total. The van der Waals surface area contributed by atoms with Crippen LogP contribution in [0, 0.1) is 5.82 Å². The summed E-state index contributed by atoms with van der Waals surface area (Å²) in [5, 5.41) is 0. The molecule has 0 unspecified atom stereocenters. The number of nitrogens with one attached hydrogen (secondary N) is 1. The van der Waals surface area contributed by atoms with Crippen molar-refractivity contribution in [2.75, 3.05) is 0 Å². The minimum Gasteiger partial charge on any atom is -0.274 e. The number of amides is 1. The second kappa shape index (κ2) is 4.56. The van der Waals surface area contributed by atoms with E-state index in [4.69, 9.17) is 0 Å². The van der Waals surface area contributed by atoms with Crippen LogP contribution >= 0.6 is 0 Å². The molecule has 0 spiro atoms. The number of sulfonamides is 1. The predicted octanol–water partition coefficient (Wildman–Crippen LogP) is 1.67. The largest absolute Gasteiger partial charge is 0.419 e. The van der Waals surface area contributed by atoms with Crippen molar-refractivity contribution in [3.63, 3.8) is 0 Å². The second-order valence-corrected chi connectivity index (χ2v) is 4.98. The first-order valence-electron chi connectivity index (χ1n) is 4.44. The third-order valence-corrected chi connectivity index (χ3v) is 3.26. The second-order valence-electron chi connectivity index (χ2n) is 3.30. The highest BCUT2D eigenvalue weighted by atomic mass is 32.2. The standard InChI is InChI=1S/C9H7F4NO3S/c1-5(15)14-18(16,17)6-2-3-8(10)7(4-6)9(11,12)13/h2-4H,1H3,(H,14,15). The van der Waals surface area contributed by atoms with Gasteiger partial charge in [0.15, 0.2) is 0 Å². The number of carbonyl (C=O) groups is 1. The van der Waals surface area contributed by atoms with Crippen LogP contribution in [-0.2, 0) is 21.0 Å². The lowest BCUT2D eigenvalue weighted by Gasteiger charge is -2.10. The highest BCUT2D eigenvalue weighted by Crippen LogP contribution is 2.32. The van der Waals surface area contributed by atoms with Crippen molar-refractivity contribution in [3.05, 3.63) is 29.6 Å². The number of hydrogen-bond acceptors (Lipinski definition) is 3. The SMILES string of the molecule is CC(=O)NS(=O)(=O)c1ccc(F)c(C(F)(F)F)c1. The molecule has 0 heterocycles. The highest BCUT2D eigenvalue weighted by Gasteiger charge is 2.35. The van der Waals surface area contributed by atoms with E-state index < -0.39 is 38.4 Å². The number of alkyl halides is 3. The molecule has 18 heavy (non-hydrogen) atoms. The molecule has 0 saturated heterocycles. The van der Waals surface area contributed by atoms with E-state index in [-0.39, 0.29) is 6.07 Å². The molecule has 0 bridgehead atoms. The lowest BCUT2D eigenvalue weighted by atomic mass is 10.2. The summed E-state index contributed by atoms with van der Waals surface area (Å²) in [6, 6.07) is 1.13. The normalized spacial score (nSPS) is 12.3. The zero-order valence-corrected chi connectivity index (χ0v) is 9.69. The summed E-state index contributed by atoms with van der Waals surface area (Å²) < 4.78 is 74.3. The van der Waals surface area contributed by atoms with Crippen LogP contribution in [0.25, 0.3) is 0 Å². The number of hydrogen-bond donors (Lipinski definition) is 1. The van der Waals surface area contributed by atoms with E-state index >= 15 is 0 Å². The summed E-state index contributed by atoms with van der Waals surface area (Å²) in [6.07, 6.45) is -5.02. The Balaban J connectivity index is 3.34. The van der Waals surface area contributed by atoms with Gasteiger partial charge in [-0.1, -0.05) is 0 Å². The first-order valence-corrected chi connectivity index (χ1v) is 5.92. The fourth-order valence-electron chi connectivity index (χ4n) is 1.14. The summed E-state index contributed by atoms with van der Waals surface area (Å²) in [5.41, 5.74) is -1.71. The van der Waals surface area contributed by atoms with Crippen LogP contribution in [0.15, 0.2) is 23.1 Å². The third kappa shape index (κ3) is 3.19. The maximum Gasteiger partial charge on any atom is 0.419 e. The first-order chi connectivity index (χ1) is 8.04. The molecular formula is C9H7F4NO3S. The molecular weight excluding hydrogens is 278 g/mol. The zero-order chi connectivity index (χ0) is 14.1. The van der Waals surface area contributed by atoms with Crippen LogP contribution in [-0.4, -0.2) is 14.3 Å². The molecule has 1 rings (SSSR count). The van der Waals surface area contributed by atoms with Gasteiger partial charge in [-0.25, -0.2) is 17.5 Å². The fraction of sp³-hybridized carbons (Fsp3) is 0.222. The number of carbonyl (C=O) groups excluding carboxylic acids is 1. The molecule has 0 aliphatic heterocycles. The monoisotopic (exact) mass is 285 g/mol. The minimum absolute atomic E-state index is 0.126. The van der Waals surface area contributed by atoms with Crippen molar-refractivity contribution in [2.24, 2.45) is 0 Å². The highest BCUT2D eigenvalue weighted by molar-refractivity contribution is 7.90. The van der Waals surface area contributed by atoms with Crippen LogP contribution in [0.1, 0.15) is 12.5 Å². The van der Waals surface area contributed by atoms with Crippen molar-refractivity contribution in [1.82, 2.24) is 4.72 Å². The lowest BCUT2D eigenvalue weighted by molar-refractivity contribution is -0.140. The molecule has 0 radical (unpaired) electrons. The Kier molecular flexibility index (Phi) is 3.65. The Hall–Kier alpha value is -1.64. The van der Waals surface area contributed by atoms with E-state index in [9.17, 15) is 30.8 Å². The molecule has 0 saturated carbocycles. The van der Waals surface area contributed by atoms with Gasteiger partial charge < -0.3 is 0 Å². The van der Waals surface area contributed by atoms with Gasteiger partial charge in [-0.15, -0.1) is 0 Å². The predicted molar refractivity (Wildman–Crippen MR) is 52.4 cm³/mol. The lowest BCUT2D eigenvalue weighted by Crippen LogP contribution is -2.28. The van der Waals surface area contributed by atoms with Gasteiger partial charge in [0.25, 0.3) is 10.0 Å². The number of rotatable bonds is 2. The van der Waals surface area contributed by atoms with Gasteiger partial charge in [-0.05, 0) is 18.2 Å². The maximum atomic E-state index is 12.9. The van der Waals surface area contributed by atoms with Crippen LogP contribution in [0.2, 0.25) is 0 Å². The van der Waals surface area contributed by atoms with Crippen LogP contribution in [0.5, 0.6) is 0 Å². The van der Waals surface area contributed by atoms with Crippen molar-refractivity contribution in [1.29, 1.82) is 0 Å². The van der Waals surface area contributed by atoms with E-state index in [2.05, 4.69) is 0 Å². The van der Waals surface area contributed by atoms with E-state index in [1.54, 1.807) is 0 Å². The summed E-state index contributed by atoms with van der Waals surface area (Å²) in [6.45, 7) is 0.881. The quantitative estimate of drug-likeness (QED) is 0.841. The third-order valence-electron chi connectivity index (χ3n) is 1.83. The molecule has 1 aromatic carbocycles. The molecule has 0 atom stereocenters. The van der Waals surface area contributed by atoms with Crippen molar-refractivity contribution >= 4 is 15.9 Å². The van der Waals surface area contributed by atoms with Crippen LogP contribution < -0.4 is 4.72 Å². The molecule has 0 aliphatic carbocycles. The van der Waals surface area contributed by atoms with Crippen LogP contribution in [0.4, 0.5) is 17.6 Å². The van der Waals surface area contributed by atoms with Gasteiger partial charge in [-0.2, -0.15) is 13.2 Å². The van der Waals surface area contributed by atoms with Gasteiger partial charge in [0.1, 0.15) is 5.82 Å². The van der Waals surface area contributed by atoms with Crippen molar-refractivity contribution in [3.8, 4) is 0 Å². The Labute approximate surface area is 99.7 Å². The van der Waals surface area contributed by atoms with E-state index in [1.165, 1.54) is 4.72 Å². The molecule has 0 aliphatic rings. The van der Waals surface area contributed by atoms with Gasteiger partial charge in [0.05, 0.1) is 10.5 Å². The van der Waals surface area contributed by atoms with E-state index in [1.807, 2.05) is 0 Å². The summed E-state index contributed by atoms with van der Waals surface area (Å²) >= 11 is 0.